The molecule has 0 amide bonds. The molecule has 0 spiro atoms. The number of methoxy groups -OCH3 is 2. The maximum absolute atomic E-state index is 11.0. The highest BCUT2D eigenvalue weighted by molar-refractivity contribution is 9.10. The second-order valence-corrected chi connectivity index (χ2v) is 2.87. The van der Waals surface area contributed by atoms with Gasteiger partial charge in [0.05, 0.1) is 7.11 Å². The van der Waals surface area contributed by atoms with Crippen LogP contribution in [-0.2, 0) is 16.2 Å². The number of ether oxygens (including phenoxy) is 2. The molecule has 1 heterocycles. The van der Waals surface area contributed by atoms with Crippen LogP contribution in [-0.4, -0.2) is 35.2 Å². The maximum Gasteiger partial charge on any atom is 0.361 e. The van der Waals surface area contributed by atoms with Crippen molar-refractivity contribution in [3.8, 4) is 0 Å². The third kappa shape index (κ3) is 2.25. The number of hydrogen-bond donors (Lipinski definition) is 0. The van der Waals surface area contributed by atoms with Gasteiger partial charge in [-0.1, -0.05) is 0 Å². The standard InChI is InChI=1S/C6H8BrN3O3/c1-12-3-10-8-4(5(7)9-10)6(11)13-2/h3H2,1-2H3. The van der Waals surface area contributed by atoms with E-state index in [1.54, 1.807) is 0 Å². The van der Waals surface area contributed by atoms with Crippen molar-refractivity contribution in [3.63, 3.8) is 0 Å². The molecule has 0 saturated carbocycles. The van der Waals surface area contributed by atoms with Crippen molar-refractivity contribution in [1.29, 1.82) is 0 Å². The van der Waals surface area contributed by atoms with E-state index in [0.717, 1.165) is 0 Å². The van der Waals surface area contributed by atoms with Crippen molar-refractivity contribution in [2.24, 2.45) is 0 Å². The fourth-order valence-electron chi connectivity index (χ4n) is 0.723. The van der Waals surface area contributed by atoms with Gasteiger partial charge in [-0.25, -0.2) is 4.79 Å². The van der Waals surface area contributed by atoms with Crippen LogP contribution < -0.4 is 0 Å². The van der Waals surface area contributed by atoms with E-state index in [0.29, 0.717) is 4.60 Å². The van der Waals surface area contributed by atoms with Crippen molar-refractivity contribution in [2.45, 2.75) is 6.73 Å². The Morgan fingerprint density at radius 2 is 2.23 bits per heavy atom. The molecule has 7 heteroatoms. The zero-order valence-corrected chi connectivity index (χ0v) is 8.74. The van der Waals surface area contributed by atoms with Crippen LogP contribution in [0.25, 0.3) is 0 Å². The SMILES string of the molecule is COCn1nc(Br)c(C(=O)OC)n1. The number of rotatable bonds is 3. The molecular weight excluding hydrogens is 242 g/mol. The average Bonchev–Trinajstić information content (AvgIpc) is 2.46. The first-order valence-corrected chi connectivity index (χ1v) is 4.16. The lowest BCUT2D eigenvalue weighted by molar-refractivity contribution is 0.0588. The molecule has 0 aliphatic heterocycles. The van der Waals surface area contributed by atoms with E-state index in [1.165, 1.54) is 19.0 Å². The first kappa shape index (κ1) is 10.1. The minimum atomic E-state index is -0.533. The molecule has 0 atom stereocenters. The summed E-state index contributed by atoms with van der Waals surface area (Å²) >= 11 is 3.08. The van der Waals surface area contributed by atoms with Crippen molar-refractivity contribution < 1.29 is 14.3 Å². The van der Waals surface area contributed by atoms with E-state index >= 15 is 0 Å². The van der Waals surface area contributed by atoms with Gasteiger partial charge >= 0.3 is 5.97 Å². The van der Waals surface area contributed by atoms with E-state index in [4.69, 9.17) is 4.74 Å². The number of nitrogens with zero attached hydrogens (tertiary/aromatic N) is 3. The molecule has 13 heavy (non-hydrogen) atoms. The third-order valence-electron chi connectivity index (χ3n) is 1.24. The number of carbonyl (C=O) groups excluding carboxylic acids is 1. The number of hydrogen-bond acceptors (Lipinski definition) is 5. The summed E-state index contributed by atoms with van der Waals surface area (Å²) in [4.78, 5) is 12.3. The van der Waals surface area contributed by atoms with Gasteiger partial charge in [0.15, 0.2) is 11.3 Å². The second-order valence-electron chi connectivity index (χ2n) is 2.12. The Kier molecular flexibility index (Phi) is 3.38. The van der Waals surface area contributed by atoms with Crippen LogP contribution in [0, 0.1) is 0 Å². The minimum Gasteiger partial charge on any atom is -0.464 e. The van der Waals surface area contributed by atoms with Gasteiger partial charge in [-0.2, -0.15) is 4.80 Å². The smallest absolute Gasteiger partial charge is 0.361 e. The van der Waals surface area contributed by atoms with Gasteiger partial charge in [-0.05, 0) is 15.9 Å². The Morgan fingerprint density at radius 3 is 2.77 bits per heavy atom. The Balaban J connectivity index is 2.89. The molecule has 0 radical (unpaired) electrons. The van der Waals surface area contributed by atoms with Crippen LogP contribution in [0.2, 0.25) is 0 Å². The molecular formula is C6H8BrN3O3. The van der Waals surface area contributed by atoms with Crippen LogP contribution in [0.15, 0.2) is 4.60 Å². The molecule has 0 saturated heterocycles. The molecule has 1 aromatic rings. The van der Waals surface area contributed by atoms with Gasteiger partial charge in [0, 0.05) is 7.11 Å². The van der Waals surface area contributed by atoms with Gasteiger partial charge in [-0.15, -0.1) is 10.2 Å². The van der Waals surface area contributed by atoms with Crippen molar-refractivity contribution >= 4 is 21.9 Å². The highest BCUT2D eigenvalue weighted by Gasteiger charge is 2.16. The zero-order valence-electron chi connectivity index (χ0n) is 7.15. The summed E-state index contributed by atoms with van der Waals surface area (Å²) < 4.78 is 9.60. The molecule has 6 nitrogen and oxygen atoms in total. The number of aromatic nitrogens is 3. The van der Waals surface area contributed by atoms with Crippen molar-refractivity contribution in [3.05, 3.63) is 10.3 Å². The van der Waals surface area contributed by atoms with Crippen LogP contribution in [0.5, 0.6) is 0 Å². The lowest BCUT2D eigenvalue weighted by Gasteiger charge is -1.94. The molecule has 72 valence electrons. The van der Waals surface area contributed by atoms with E-state index < -0.39 is 5.97 Å². The van der Waals surface area contributed by atoms with E-state index in [2.05, 4.69) is 30.9 Å². The fraction of sp³-hybridized carbons (Fsp3) is 0.500. The highest BCUT2D eigenvalue weighted by atomic mass is 79.9. The Hall–Kier alpha value is -0.950. The van der Waals surface area contributed by atoms with Gasteiger partial charge in [0.2, 0.25) is 5.69 Å². The van der Waals surface area contributed by atoms with E-state index in [9.17, 15) is 4.79 Å². The second kappa shape index (κ2) is 4.33. The summed E-state index contributed by atoms with van der Waals surface area (Å²) in [6.07, 6.45) is 0. The van der Waals surface area contributed by atoms with E-state index in [1.807, 2.05) is 0 Å². The minimum absolute atomic E-state index is 0.138. The van der Waals surface area contributed by atoms with Crippen molar-refractivity contribution in [2.75, 3.05) is 14.2 Å². The number of esters is 1. The van der Waals surface area contributed by atoms with Gasteiger partial charge in [-0.3, -0.25) is 0 Å². The van der Waals surface area contributed by atoms with Gasteiger partial charge in [0.25, 0.3) is 0 Å². The Morgan fingerprint density at radius 1 is 1.54 bits per heavy atom. The molecule has 1 rings (SSSR count). The van der Waals surface area contributed by atoms with Crippen LogP contribution in [0.3, 0.4) is 0 Å². The monoisotopic (exact) mass is 249 g/mol. The quantitative estimate of drug-likeness (QED) is 0.728. The summed E-state index contributed by atoms with van der Waals surface area (Å²) in [6.45, 7) is 0.190. The lowest BCUT2D eigenvalue weighted by Crippen LogP contribution is -2.07. The first-order chi connectivity index (χ1) is 6.19. The van der Waals surface area contributed by atoms with Crippen LogP contribution in [0.4, 0.5) is 0 Å². The Bertz CT molecular complexity index is 312. The molecule has 0 aliphatic rings. The highest BCUT2D eigenvalue weighted by Crippen LogP contribution is 2.11. The average molecular weight is 250 g/mol. The van der Waals surface area contributed by atoms with Crippen LogP contribution in [0.1, 0.15) is 10.5 Å². The summed E-state index contributed by atoms with van der Waals surface area (Å²) in [5.74, 6) is -0.533. The number of halogens is 1. The fourth-order valence-corrected chi connectivity index (χ4v) is 1.15. The predicted molar refractivity (Wildman–Crippen MR) is 46.1 cm³/mol. The molecule has 0 bridgehead atoms. The third-order valence-corrected chi connectivity index (χ3v) is 1.77. The molecule has 0 fully saturated rings. The topological polar surface area (TPSA) is 66.2 Å². The first-order valence-electron chi connectivity index (χ1n) is 3.37. The summed E-state index contributed by atoms with van der Waals surface area (Å²) in [5.41, 5.74) is 0.138. The zero-order chi connectivity index (χ0) is 9.84. The summed E-state index contributed by atoms with van der Waals surface area (Å²) in [6, 6.07) is 0. The molecule has 0 unspecified atom stereocenters. The summed E-state index contributed by atoms with van der Waals surface area (Å²) in [5, 5.41) is 7.70. The normalized spacial score (nSPS) is 10.1. The predicted octanol–water partition coefficient (Wildman–Crippen LogP) is 0.431. The van der Waals surface area contributed by atoms with Gasteiger partial charge in [0.1, 0.15) is 0 Å². The van der Waals surface area contributed by atoms with Crippen LogP contribution >= 0.6 is 15.9 Å². The van der Waals surface area contributed by atoms with Gasteiger partial charge < -0.3 is 9.47 Å². The summed E-state index contributed by atoms with van der Waals surface area (Å²) in [7, 11) is 2.79. The van der Waals surface area contributed by atoms with E-state index in [-0.39, 0.29) is 12.4 Å². The molecule has 0 N–H and O–H groups in total. The Labute approximate surface area is 82.9 Å². The largest absolute Gasteiger partial charge is 0.464 e. The lowest BCUT2D eigenvalue weighted by atomic mass is 10.5. The number of carbonyl (C=O) groups is 1. The maximum atomic E-state index is 11.0. The molecule has 0 aromatic carbocycles. The van der Waals surface area contributed by atoms with Crippen molar-refractivity contribution in [1.82, 2.24) is 15.0 Å². The molecule has 1 aromatic heterocycles. The molecule has 0 aliphatic carbocycles.